The maximum absolute atomic E-state index is 13.2. The van der Waals surface area contributed by atoms with Crippen LogP contribution < -0.4 is 10.2 Å². The third kappa shape index (κ3) is 3.25. The zero-order valence-corrected chi connectivity index (χ0v) is 14.2. The third-order valence-electron chi connectivity index (χ3n) is 3.69. The fourth-order valence-electron chi connectivity index (χ4n) is 2.24. The van der Waals surface area contributed by atoms with Crippen molar-refractivity contribution in [1.29, 1.82) is 0 Å². The third-order valence-corrected chi connectivity index (χ3v) is 6.20. The van der Waals surface area contributed by atoms with E-state index in [2.05, 4.69) is 0 Å². The smallest absolute Gasteiger partial charge is 0.263 e. The second-order valence-corrected chi connectivity index (χ2v) is 8.04. The minimum absolute atomic E-state index is 0.508. The fraction of sp³-hybridized carbons (Fsp3) is 0.294. The summed E-state index contributed by atoms with van der Waals surface area (Å²) < 4.78 is 18.4. The Bertz CT molecular complexity index is 665. The Morgan fingerprint density at radius 1 is 1.05 bits per heavy atom. The van der Waals surface area contributed by atoms with Gasteiger partial charge in [0, 0.05) is 32.2 Å². The van der Waals surface area contributed by atoms with Crippen LogP contribution in [0.5, 0.6) is 0 Å². The van der Waals surface area contributed by atoms with Crippen LogP contribution in [0.2, 0.25) is 0 Å². The van der Waals surface area contributed by atoms with Gasteiger partial charge >= 0.3 is 0 Å². The average molecular weight is 319 g/mol. The number of aryl methyl sites for hydroxylation is 1. The molecular formula is C17H22NO3P. The summed E-state index contributed by atoms with van der Waals surface area (Å²) in [5.74, 6) is -1.18. The maximum Gasteiger partial charge on any atom is 0.263 e. The molecule has 0 aliphatic heterocycles. The molecule has 2 rings (SSSR count). The van der Waals surface area contributed by atoms with Crippen LogP contribution in [0.1, 0.15) is 17.0 Å². The standard InChI is InChI=1S/C17H22NO3P/c1-13-5-7-14(8-6-13)17(19)22(20,21-4)16-11-9-15(10-12-16)18(2)3/h5-12,17,19H,1-4H3/t17-,22-/m1/s1. The van der Waals surface area contributed by atoms with Gasteiger partial charge in [-0.15, -0.1) is 0 Å². The summed E-state index contributed by atoms with van der Waals surface area (Å²) in [6, 6.07) is 14.5. The van der Waals surface area contributed by atoms with Crippen molar-refractivity contribution in [2.24, 2.45) is 0 Å². The molecule has 2 aromatic carbocycles. The van der Waals surface area contributed by atoms with E-state index in [9.17, 15) is 9.67 Å². The van der Waals surface area contributed by atoms with Gasteiger partial charge in [0.15, 0.2) is 5.85 Å². The number of hydrogen-bond acceptors (Lipinski definition) is 4. The van der Waals surface area contributed by atoms with E-state index in [1.807, 2.05) is 50.2 Å². The lowest BCUT2D eigenvalue weighted by molar-refractivity contribution is 0.229. The minimum Gasteiger partial charge on any atom is -0.378 e. The highest BCUT2D eigenvalue weighted by Crippen LogP contribution is 2.57. The molecule has 0 aromatic heterocycles. The fourth-order valence-corrected chi connectivity index (χ4v) is 4.06. The van der Waals surface area contributed by atoms with Gasteiger partial charge in [-0.2, -0.15) is 0 Å². The van der Waals surface area contributed by atoms with Crippen LogP contribution >= 0.6 is 7.37 Å². The van der Waals surface area contributed by atoms with Crippen LogP contribution in [-0.4, -0.2) is 26.3 Å². The van der Waals surface area contributed by atoms with E-state index in [0.717, 1.165) is 11.3 Å². The van der Waals surface area contributed by atoms with Crippen molar-refractivity contribution in [3.63, 3.8) is 0 Å². The molecule has 22 heavy (non-hydrogen) atoms. The molecule has 2 atom stereocenters. The Labute approximate surface area is 131 Å². The zero-order chi connectivity index (χ0) is 16.3. The van der Waals surface area contributed by atoms with Crippen molar-refractivity contribution in [1.82, 2.24) is 0 Å². The quantitative estimate of drug-likeness (QED) is 0.859. The van der Waals surface area contributed by atoms with Crippen molar-refractivity contribution in [2.75, 3.05) is 26.1 Å². The molecule has 0 spiro atoms. The van der Waals surface area contributed by atoms with Crippen molar-refractivity contribution in [3.8, 4) is 0 Å². The van der Waals surface area contributed by atoms with Gasteiger partial charge in [-0.3, -0.25) is 4.57 Å². The summed E-state index contributed by atoms with van der Waals surface area (Å²) in [5.41, 5.74) is 2.67. The largest absolute Gasteiger partial charge is 0.378 e. The van der Waals surface area contributed by atoms with E-state index in [1.165, 1.54) is 7.11 Å². The van der Waals surface area contributed by atoms with Crippen LogP contribution in [0, 0.1) is 6.92 Å². The van der Waals surface area contributed by atoms with Gasteiger partial charge in [0.05, 0.1) is 0 Å². The maximum atomic E-state index is 13.2. The van der Waals surface area contributed by atoms with Crippen LogP contribution in [0.4, 0.5) is 5.69 Å². The van der Waals surface area contributed by atoms with Crippen LogP contribution in [0.3, 0.4) is 0 Å². The molecule has 1 N–H and O–H groups in total. The van der Waals surface area contributed by atoms with Crippen molar-refractivity contribution in [2.45, 2.75) is 12.8 Å². The Morgan fingerprint density at radius 2 is 1.59 bits per heavy atom. The number of anilines is 1. The summed E-state index contributed by atoms with van der Waals surface area (Å²) in [6.45, 7) is 1.96. The second kappa shape index (κ2) is 6.66. The molecule has 0 bridgehead atoms. The molecule has 0 unspecified atom stereocenters. The first-order valence-electron chi connectivity index (χ1n) is 7.06. The first kappa shape index (κ1) is 16.8. The van der Waals surface area contributed by atoms with E-state index >= 15 is 0 Å². The Morgan fingerprint density at radius 3 is 2.05 bits per heavy atom. The zero-order valence-electron chi connectivity index (χ0n) is 13.4. The number of rotatable bonds is 5. The molecule has 0 amide bonds. The lowest BCUT2D eigenvalue weighted by Gasteiger charge is -2.23. The van der Waals surface area contributed by atoms with E-state index in [0.29, 0.717) is 10.9 Å². The topological polar surface area (TPSA) is 49.8 Å². The minimum atomic E-state index is -3.39. The molecule has 0 fully saturated rings. The predicted molar refractivity (Wildman–Crippen MR) is 91.2 cm³/mol. The van der Waals surface area contributed by atoms with Crippen molar-refractivity contribution >= 4 is 18.4 Å². The van der Waals surface area contributed by atoms with Gasteiger partial charge < -0.3 is 14.5 Å². The number of aliphatic hydroxyl groups excluding tert-OH is 1. The Kier molecular flexibility index (Phi) is 5.07. The SMILES string of the molecule is CO[P@](=O)(c1ccc(N(C)C)cc1)[C@@H](O)c1ccc(C)cc1. The average Bonchev–Trinajstić information content (AvgIpc) is 2.54. The van der Waals surface area contributed by atoms with Crippen LogP contribution in [0.25, 0.3) is 0 Å². The summed E-state index contributed by atoms with van der Waals surface area (Å²) in [6.07, 6.45) is 0. The first-order chi connectivity index (χ1) is 10.4. The van der Waals surface area contributed by atoms with Gasteiger partial charge in [-0.25, -0.2) is 0 Å². The summed E-state index contributed by atoms with van der Waals surface area (Å²) in [4.78, 5) is 1.96. The number of aliphatic hydroxyl groups is 1. The number of benzene rings is 2. The lowest BCUT2D eigenvalue weighted by Crippen LogP contribution is -2.15. The second-order valence-electron chi connectivity index (χ2n) is 5.47. The highest BCUT2D eigenvalue weighted by Gasteiger charge is 2.35. The first-order valence-corrected chi connectivity index (χ1v) is 8.76. The highest BCUT2D eigenvalue weighted by atomic mass is 31.2. The summed E-state index contributed by atoms with van der Waals surface area (Å²) in [7, 11) is 1.85. The van der Waals surface area contributed by atoms with E-state index < -0.39 is 13.2 Å². The van der Waals surface area contributed by atoms with E-state index in [-0.39, 0.29) is 0 Å². The molecule has 0 aliphatic carbocycles. The summed E-state index contributed by atoms with van der Waals surface area (Å²) in [5, 5.41) is 11.1. The monoisotopic (exact) mass is 319 g/mol. The molecule has 0 radical (unpaired) electrons. The molecule has 0 heterocycles. The van der Waals surface area contributed by atoms with Crippen LogP contribution in [0.15, 0.2) is 48.5 Å². The molecule has 0 saturated carbocycles. The molecule has 118 valence electrons. The molecular weight excluding hydrogens is 297 g/mol. The highest BCUT2D eigenvalue weighted by molar-refractivity contribution is 7.67. The molecule has 4 nitrogen and oxygen atoms in total. The number of hydrogen-bond donors (Lipinski definition) is 1. The van der Waals surface area contributed by atoms with E-state index in [1.54, 1.807) is 24.3 Å². The molecule has 5 heteroatoms. The molecule has 0 saturated heterocycles. The van der Waals surface area contributed by atoms with Gasteiger partial charge in [0.2, 0.25) is 0 Å². The normalized spacial score (nSPS) is 15.1. The van der Waals surface area contributed by atoms with Gasteiger partial charge in [0.25, 0.3) is 7.37 Å². The summed E-state index contributed by atoms with van der Waals surface area (Å²) >= 11 is 0. The van der Waals surface area contributed by atoms with Gasteiger partial charge in [-0.05, 0) is 36.8 Å². The Balaban J connectivity index is 2.38. The van der Waals surface area contributed by atoms with Gasteiger partial charge in [0.1, 0.15) is 0 Å². The lowest BCUT2D eigenvalue weighted by atomic mass is 10.2. The van der Waals surface area contributed by atoms with Gasteiger partial charge in [-0.1, -0.05) is 29.8 Å². The van der Waals surface area contributed by atoms with Crippen LogP contribution in [-0.2, 0) is 9.09 Å². The Hall–Kier alpha value is -1.61. The molecule has 2 aromatic rings. The van der Waals surface area contributed by atoms with E-state index in [4.69, 9.17) is 4.52 Å². The number of nitrogens with zero attached hydrogens (tertiary/aromatic N) is 1. The molecule has 0 aliphatic rings. The van der Waals surface area contributed by atoms with Crippen molar-refractivity contribution < 1.29 is 14.2 Å². The van der Waals surface area contributed by atoms with Crippen molar-refractivity contribution in [3.05, 3.63) is 59.7 Å². The predicted octanol–water partition coefficient (Wildman–Crippen LogP) is 3.30.